The smallest absolute Gasteiger partial charge is 0.303 e. The number of carbonyl (C=O) groups is 1. The zero-order chi connectivity index (χ0) is 14.4. The highest BCUT2D eigenvalue weighted by atomic mass is 16.5. The molecule has 7 nitrogen and oxygen atoms in total. The molecule has 0 aliphatic rings. The number of tetrazole rings is 1. The number of ether oxygens (including phenoxy) is 1. The van der Waals surface area contributed by atoms with Gasteiger partial charge in [-0.25, -0.2) is 4.68 Å². The van der Waals surface area contributed by atoms with Gasteiger partial charge in [-0.3, -0.25) is 4.79 Å². The maximum atomic E-state index is 10.5. The minimum absolute atomic E-state index is 0.0954. The molecule has 1 aromatic heterocycles. The molecule has 20 heavy (non-hydrogen) atoms. The summed E-state index contributed by atoms with van der Waals surface area (Å²) in [6.45, 7) is 2.72. The highest BCUT2D eigenvalue weighted by Crippen LogP contribution is 2.12. The molecule has 0 fully saturated rings. The van der Waals surface area contributed by atoms with Crippen molar-refractivity contribution in [2.45, 2.75) is 32.9 Å². The lowest BCUT2D eigenvalue weighted by Gasteiger charge is -2.06. The van der Waals surface area contributed by atoms with Gasteiger partial charge in [-0.15, -0.1) is 5.10 Å². The van der Waals surface area contributed by atoms with E-state index in [1.165, 1.54) is 0 Å². The maximum Gasteiger partial charge on any atom is 0.303 e. The topological polar surface area (TPSA) is 90.1 Å². The number of hydrogen-bond acceptors (Lipinski definition) is 5. The van der Waals surface area contributed by atoms with E-state index in [0.717, 1.165) is 11.3 Å². The van der Waals surface area contributed by atoms with Crippen LogP contribution in [0.3, 0.4) is 0 Å². The van der Waals surface area contributed by atoms with E-state index in [1.54, 1.807) is 4.68 Å². The summed E-state index contributed by atoms with van der Waals surface area (Å²) in [6, 6.07) is 7.69. The molecule has 106 valence electrons. The van der Waals surface area contributed by atoms with Crippen LogP contribution in [0.4, 0.5) is 0 Å². The fourth-order valence-corrected chi connectivity index (χ4v) is 1.66. The summed E-state index contributed by atoms with van der Waals surface area (Å²) < 4.78 is 7.16. The average molecular weight is 276 g/mol. The molecule has 2 aromatic rings. The Morgan fingerprint density at radius 2 is 2.10 bits per heavy atom. The van der Waals surface area contributed by atoms with E-state index < -0.39 is 5.97 Å². The first kappa shape index (κ1) is 14.0. The van der Waals surface area contributed by atoms with Gasteiger partial charge in [0.05, 0.1) is 0 Å². The number of rotatable bonds is 7. The van der Waals surface area contributed by atoms with Gasteiger partial charge in [0.1, 0.15) is 12.4 Å². The number of hydrogen-bond donors (Lipinski definition) is 1. The molecule has 1 N–H and O–H groups in total. The van der Waals surface area contributed by atoms with Gasteiger partial charge in [-0.1, -0.05) is 17.7 Å². The van der Waals surface area contributed by atoms with Crippen LogP contribution >= 0.6 is 0 Å². The van der Waals surface area contributed by atoms with Crippen LogP contribution in [0.15, 0.2) is 24.3 Å². The zero-order valence-corrected chi connectivity index (χ0v) is 11.2. The second-order valence-corrected chi connectivity index (χ2v) is 4.42. The van der Waals surface area contributed by atoms with E-state index in [1.807, 2.05) is 31.2 Å². The number of aromatic nitrogens is 4. The maximum absolute atomic E-state index is 10.5. The van der Waals surface area contributed by atoms with Crippen LogP contribution in [0.25, 0.3) is 0 Å². The summed E-state index contributed by atoms with van der Waals surface area (Å²) in [4.78, 5) is 10.5. The summed E-state index contributed by atoms with van der Waals surface area (Å²) >= 11 is 0. The van der Waals surface area contributed by atoms with Crippen LogP contribution in [-0.2, 0) is 17.9 Å². The van der Waals surface area contributed by atoms with Gasteiger partial charge in [0.2, 0.25) is 0 Å². The molecule has 0 unspecified atom stereocenters. The molecule has 0 saturated heterocycles. The number of carboxylic acid groups (broad SMARTS) is 1. The molecule has 7 heteroatoms. The summed E-state index contributed by atoms with van der Waals surface area (Å²) in [5.74, 6) is 0.502. The second kappa shape index (κ2) is 6.65. The van der Waals surface area contributed by atoms with Crippen molar-refractivity contribution in [2.75, 3.05) is 0 Å². The summed E-state index contributed by atoms with van der Waals surface area (Å²) in [5.41, 5.74) is 1.16. The van der Waals surface area contributed by atoms with E-state index in [2.05, 4.69) is 15.5 Å². The number of benzene rings is 1. The van der Waals surface area contributed by atoms with Crippen LogP contribution in [0.5, 0.6) is 5.75 Å². The number of aliphatic carboxylic acids is 1. The molecular formula is C13H16N4O3. The standard InChI is InChI=1S/C13H16N4O3/c1-10-4-6-11(7-5-10)20-9-12-14-15-16-17(12)8-2-3-13(18)19/h4-7H,2-3,8-9H2,1H3,(H,18,19). The van der Waals surface area contributed by atoms with Crippen molar-refractivity contribution in [1.29, 1.82) is 0 Å². The Labute approximate surface area is 116 Å². The average Bonchev–Trinajstić information content (AvgIpc) is 2.85. The van der Waals surface area contributed by atoms with Gasteiger partial charge in [0, 0.05) is 13.0 Å². The third-order valence-electron chi connectivity index (χ3n) is 2.76. The summed E-state index contributed by atoms with van der Waals surface area (Å²) in [6.07, 6.45) is 0.579. The van der Waals surface area contributed by atoms with Crippen LogP contribution in [-0.4, -0.2) is 31.3 Å². The van der Waals surface area contributed by atoms with Crippen LogP contribution in [0.2, 0.25) is 0 Å². The predicted molar refractivity (Wildman–Crippen MR) is 70.2 cm³/mol. The SMILES string of the molecule is Cc1ccc(OCc2nnnn2CCCC(=O)O)cc1. The Balaban J connectivity index is 1.88. The first-order valence-electron chi connectivity index (χ1n) is 6.31. The largest absolute Gasteiger partial charge is 0.486 e. The first-order chi connectivity index (χ1) is 9.65. The highest BCUT2D eigenvalue weighted by molar-refractivity contribution is 5.66. The van der Waals surface area contributed by atoms with Crippen LogP contribution < -0.4 is 4.74 Å². The molecule has 0 amide bonds. The lowest BCUT2D eigenvalue weighted by atomic mass is 10.2. The Hall–Kier alpha value is -2.44. The van der Waals surface area contributed by atoms with E-state index in [4.69, 9.17) is 9.84 Å². The van der Waals surface area contributed by atoms with Gasteiger partial charge in [0.25, 0.3) is 0 Å². The minimum atomic E-state index is -0.824. The molecule has 1 heterocycles. The van der Waals surface area contributed by atoms with Crippen molar-refractivity contribution in [3.8, 4) is 5.75 Å². The molecule has 0 radical (unpaired) electrons. The molecule has 1 aromatic carbocycles. The molecule has 0 spiro atoms. The van der Waals surface area contributed by atoms with E-state index in [-0.39, 0.29) is 13.0 Å². The molecular weight excluding hydrogens is 260 g/mol. The number of carboxylic acids is 1. The van der Waals surface area contributed by atoms with Gasteiger partial charge >= 0.3 is 5.97 Å². The Bertz CT molecular complexity index is 565. The minimum Gasteiger partial charge on any atom is -0.486 e. The van der Waals surface area contributed by atoms with Crippen LogP contribution in [0, 0.1) is 6.92 Å². The van der Waals surface area contributed by atoms with Crippen LogP contribution in [0.1, 0.15) is 24.2 Å². The summed E-state index contributed by atoms with van der Waals surface area (Å²) in [7, 11) is 0. The molecule has 2 rings (SSSR count). The first-order valence-corrected chi connectivity index (χ1v) is 6.31. The Kier molecular flexibility index (Phi) is 4.65. The zero-order valence-electron chi connectivity index (χ0n) is 11.2. The third kappa shape index (κ3) is 4.04. The molecule has 0 saturated carbocycles. The fraction of sp³-hybridized carbons (Fsp3) is 0.385. The van der Waals surface area contributed by atoms with Gasteiger partial charge < -0.3 is 9.84 Å². The molecule has 0 atom stereocenters. The monoisotopic (exact) mass is 276 g/mol. The van der Waals surface area contributed by atoms with E-state index in [0.29, 0.717) is 18.8 Å². The number of nitrogens with zero attached hydrogens (tertiary/aromatic N) is 4. The van der Waals surface area contributed by atoms with Crippen molar-refractivity contribution >= 4 is 5.97 Å². The fourth-order valence-electron chi connectivity index (χ4n) is 1.66. The Morgan fingerprint density at radius 1 is 1.35 bits per heavy atom. The lowest BCUT2D eigenvalue weighted by Crippen LogP contribution is -2.10. The molecule has 0 bridgehead atoms. The second-order valence-electron chi connectivity index (χ2n) is 4.42. The van der Waals surface area contributed by atoms with Crippen molar-refractivity contribution in [1.82, 2.24) is 20.2 Å². The van der Waals surface area contributed by atoms with Crippen molar-refractivity contribution < 1.29 is 14.6 Å². The lowest BCUT2D eigenvalue weighted by molar-refractivity contribution is -0.137. The van der Waals surface area contributed by atoms with E-state index >= 15 is 0 Å². The quantitative estimate of drug-likeness (QED) is 0.822. The molecule has 0 aliphatic heterocycles. The van der Waals surface area contributed by atoms with Crippen molar-refractivity contribution in [2.24, 2.45) is 0 Å². The van der Waals surface area contributed by atoms with Crippen molar-refractivity contribution in [3.05, 3.63) is 35.7 Å². The van der Waals surface area contributed by atoms with Gasteiger partial charge in [0.15, 0.2) is 5.82 Å². The van der Waals surface area contributed by atoms with Gasteiger partial charge in [-0.05, 0) is 35.9 Å². The Morgan fingerprint density at radius 3 is 2.80 bits per heavy atom. The highest BCUT2D eigenvalue weighted by Gasteiger charge is 2.07. The van der Waals surface area contributed by atoms with E-state index in [9.17, 15) is 4.79 Å². The normalized spacial score (nSPS) is 10.4. The molecule has 0 aliphatic carbocycles. The summed E-state index contributed by atoms with van der Waals surface area (Å²) in [5, 5.41) is 19.9. The van der Waals surface area contributed by atoms with Gasteiger partial charge in [-0.2, -0.15) is 0 Å². The predicted octanol–water partition coefficient (Wildman–Crippen LogP) is 1.43. The number of aryl methyl sites for hydroxylation is 2. The third-order valence-corrected chi connectivity index (χ3v) is 2.76. The van der Waals surface area contributed by atoms with Crippen molar-refractivity contribution in [3.63, 3.8) is 0 Å².